The normalized spacial score (nSPS) is 14.4. The van der Waals surface area contributed by atoms with Gasteiger partial charge in [-0.05, 0) is 61.9 Å². The summed E-state index contributed by atoms with van der Waals surface area (Å²) in [5, 5.41) is 0.520. The highest BCUT2D eigenvalue weighted by molar-refractivity contribution is 8.04. The van der Waals surface area contributed by atoms with Gasteiger partial charge in [-0.25, -0.2) is 4.90 Å². The molecule has 0 fully saturated rings. The molecule has 1 aliphatic rings. The average molecular weight is 416 g/mol. The largest absolute Gasteiger partial charge is 0.491 e. The highest BCUT2D eigenvalue weighted by Gasteiger charge is 2.40. The maximum Gasteiger partial charge on any atom is 0.272 e. The van der Waals surface area contributed by atoms with Gasteiger partial charge in [-0.15, -0.1) is 11.8 Å². The number of hydrogen-bond donors (Lipinski definition) is 0. The molecule has 0 radical (unpaired) electrons. The van der Waals surface area contributed by atoms with Crippen molar-refractivity contribution in [1.29, 1.82) is 0 Å². The highest BCUT2D eigenvalue weighted by atomic mass is 35.5. The van der Waals surface area contributed by atoms with Crippen LogP contribution in [0.4, 0.5) is 5.69 Å². The minimum absolute atomic E-state index is 0.0623. The number of rotatable bonds is 6. The van der Waals surface area contributed by atoms with Crippen molar-refractivity contribution in [2.75, 3.05) is 10.7 Å². The quantitative estimate of drug-likeness (QED) is 0.586. The Bertz CT molecular complexity index is 951. The maximum atomic E-state index is 13.3. The van der Waals surface area contributed by atoms with E-state index in [9.17, 15) is 9.59 Å². The second kappa shape index (κ2) is 8.41. The predicted molar refractivity (Wildman–Crippen MR) is 116 cm³/mol. The molecule has 3 rings (SSSR count). The minimum Gasteiger partial charge on any atom is -0.491 e. The summed E-state index contributed by atoms with van der Waals surface area (Å²) >= 11 is 7.60. The van der Waals surface area contributed by atoms with Crippen molar-refractivity contribution in [2.24, 2.45) is 0 Å². The van der Waals surface area contributed by atoms with E-state index < -0.39 is 0 Å². The van der Waals surface area contributed by atoms with Crippen LogP contribution < -0.4 is 9.64 Å². The lowest BCUT2D eigenvalue weighted by molar-refractivity contribution is -0.119. The zero-order valence-electron chi connectivity index (χ0n) is 16.3. The van der Waals surface area contributed by atoms with Crippen LogP contribution in [0.25, 0.3) is 5.57 Å². The topological polar surface area (TPSA) is 46.6 Å². The van der Waals surface area contributed by atoms with E-state index in [-0.39, 0.29) is 17.9 Å². The van der Waals surface area contributed by atoms with Crippen LogP contribution in [0, 0.1) is 6.92 Å². The van der Waals surface area contributed by atoms with Gasteiger partial charge in [-0.3, -0.25) is 9.59 Å². The number of anilines is 1. The van der Waals surface area contributed by atoms with E-state index in [1.54, 1.807) is 25.1 Å². The van der Waals surface area contributed by atoms with Crippen molar-refractivity contribution in [2.45, 2.75) is 33.8 Å². The van der Waals surface area contributed by atoms with E-state index >= 15 is 0 Å². The van der Waals surface area contributed by atoms with Crippen molar-refractivity contribution < 1.29 is 14.3 Å². The van der Waals surface area contributed by atoms with Gasteiger partial charge in [0.05, 0.1) is 22.3 Å². The van der Waals surface area contributed by atoms with E-state index in [4.69, 9.17) is 16.3 Å². The van der Waals surface area contributed by atoms with Crippen LogP contribution in [-0.4, -0.2) is 23.7 Å². The van der Waals surface area contributed by atoms with Gasteiger partial charge in [0.15, 0.2) is 0 Å². The van der Waals surface area contributed by atoms with Crippen LogP contribution in [0.3, 0.4) is 0 Å². The average Bonchev–Trinajstić information content (AvgIpc) is 2.89. The number of carbonyl (C=O) groups is 2. The van der Waals surface area contributed by atoms with Crippen molar-refractivity contribution in [3.8, 4) is 5.75 Å². The Morgan fingerprint density at radius 3 is 2.36 bits per heavy atom. The first-order valence-electron chi connectivity index (χ1n) is 9.13. The van der Waals surface area contributed by atoms with E-state index in [1.165, 1.54) is 16.7 Å². The molecule has 0 spiro atoms. The lowest BCUT2D eigenvalue weighted by atomic mass is 10.1. The smallest absolute Gasteiger partial charge is 0.272 e. The van der Waals surface area contributed by atoms with Crippen molar-refractivity contribution in [3.63, 3.8) is 0 Å². The molecule has 2 aromatic rings. The summed E-state index contributed by atoms with van der Waals surface area (Å²) < 4.78 is 5.68. The second-order valence-corrected chi connectivity index (χ2v) is 8.34. The van der Waals surface area contributed by atoms with Gasteiger partial charge in [0.1, 0.15) is 5.75 Å². The van der Waals surface area contributed by atoms with Gasteiger partial charge in [0.2, 0.25) is 0 Å². The lowest BCUT2D eigenvalue weighted by Gasteiger charge is -2.18. The van der Waals surface area contributed by atoms with Crippen molar-refractivity contribution in [3.05, 3.63) is 63.5 Å². The van der Waals surface area contributed by atoms with Crippen molar-refractivity contribution in [1.82, 2.24) is 0 Å². The molecule has 1 heterocycles. The number of imide groups is 1. The molecule has 0 unspecified atom stereocenters. The summed E-state index contributed by atoms with van der Waals surface area (Å²) in [4.78, 5) is 28.1. The number of ether oxygens (including phenoxy) is 1. The zero-order valence-corrected chi connectivity index (χ0v) is 17.9. The van der Waals surface area contributed by atoms with Gasteiger partial charge in [0.25, 0.3) is 11.8 Å². The van der Waals surface area contributed by atoms with E-state index in [2.05, 4.69) is 0 Å². The Kier molecular flexibility index (Phi) is 6.16. The standard InChI is InChI=1S/C22H22ClNO3S/c1-5-28-20-19(15-9-11-16(12-10-15)27-13(2)3)21(25)24(22(20)26)18-8-6-7-17(23)14(18)4/h6-13H,5H2,1-4H3. The van der Waals surface area contributed by atoms with Gasteiger partial charge >= 0.3 is 0 Å². The number of nitrogens with zero attached hydrogens (tertiary/aromatic N) is 1. The fourth-order valence-corrected chi connectivity index (χ4v) is 4.09. The third-order valence-electron chi connectivity index (χ3n) is 4.32. The van der Waals surface area contributed by atoms with Crippen LogP contribution in [0.5, 0.6) is 5.75 Å². The highest BCUT2D eigenvalue weighted by Crippen LogP contribution is 2.40. The molecule has 0 aromatic heterocycles. The molecule has 1 aliphatic heterocycles. The number of hydrogen-bond acceptors (Lipinski definition) is 4. The Hall–Kier alpha value is -2.24. The molecular weight excluding hydrogens is 394 g/mol. The molecule has 0 N–H and O–H groups in total. The number of amides is 2. The molecule has 146 valence electrons. The van der Waals surface area contributed by atoms with Gasteiger partial charge in [-0.2, -0.15) is 0 Å². The summed E-state index contributed by atoms with van der Waals surface area (Å²) in [6, 6.07) is 12.5. The molecule has 0 saturated carbocycles. The number of benzene rings is 2. The first-order valence-corrected chi connectivity index (χ1v) is 10.5. The molecule has 6 heteroatoms. The first-order chi connectivity index (χ1) is 13.3. The van der Waals surface area contributed by atoms with Gasteiger partial charge in [0, 0.05) is 5.02 Å². The Morgan fingerprint density at radius 1 is 1.07 bits per heavy atom. The van der Waals surface area contributed by atoms with E-state index in [1.807, 2.05) is 45.0 Å². The number of halogens is 1. The second-order valence-electron chi connectivity index (χ2n) is 6.66. The Balaban J connectivity index is 2.04. The Labute approximate surface area is 174 Å². The molecule has 0 bridgehead atoms. The SMILES string of the molecule is CCSC1=C(c2ccc(OC(C)C)cc2)C(=O)N(c2cccc(Cl)c2C)C1=O. The fourth-order valence-electron chi connectivity index (χ4n) is 3.07. The van der Waals surface area contributed by atoms with Crippen LogP contribution in [0.15, 0.2) is 47.4 Å². The van der Waals surface area contributed by atoms with Crippen LogP contribution in [0.2, 0.25) is 5.02 Å². The Morgan fingerprint density at radius 2 is 1.75 bits per heavy atom. The third kappa shape index (κ3) is 3.82. The molecule has 0 atom stereocenters. The summed E-state index contributed by atoms with van der Waals surface area (Å²) in [5.74, 6) is 0.779. The molecule has 0 aliphatic carbocycles. The maximum absolute atomic E-state index is 13.3. The first kappa shape index (κ1) is 20.5. The number of thioether (sulfide) groups is 1. The fraction of sp³-hybridized carbons (Fsp3) is 0.273. The number of carbonyl (C=O) groups excluding carboxylic acids is 2. The molecule has 2 amide bonds. The van der Waals surface area contributed by atoms with Crippen molar-refractivity contribution >= 4 is 46.4 Å². The van der Waals surface area contributed by atoms with Gasteiger partial charge < -0.3 is 4.74 Å². The molecule has 28 heavy (non-hydrogen) atoms. The lowest BCUT2D eigenvalue weighted by Crippen LogP contribution is -2.32. The summed E-state index contributed by atoms with van der Waals surface area (Å²) in [6.45, 7) is 7.68. The molecule has 4 nitrogen and oxygen atoms in total. The van der Waals surface area contributed by atoms with E-state index in [0.29, 0.717) is 38.1 Å². The van der Waals surface area contributed by atoms with Crippen LogP contribution in [-0.2, 0) is 9.59 Å². The molecule has 0 saturated heterocycles. The van der Waals surface area contributed by atoms with E-state index in [0.717, 1.165) is 5.75 Å². The minimum atomic E-state index is -0.330. The monoisotopic (exact) mass is 415 g/mol. The summed E-state index contributed by atoms with van der Waals surface area (Å²) in [7, 11) is 0. The van der Waals surface area contributed by atoms with Gasteiger partial charge in [-0.1, -0.05) is 36.7 Å². The summed E-state index contributed by atoms with van der Waals surface area (Å²) in [6.07, 6.45) is 0.0623. The molecule has 2 aromatic carbocycles. The zero-order chi connectivity index (χ0) is 20.4. The predicted octanol–water partition coefficient (Wildman–Crippen LogP) is 5.47. The van der Waals surface area contributed by atoms with Crippen LogP contribution >= 0.6 is 23.4 Å². The molecular formula is C22H22ClNO3S. The third-order valence-corrected chi connectivity index (χ3v) is 5.69. The van der Waals surface area contributed by atoms with Crippen LogP contribution in [0.1, 0.15) is 31.9 Å². The summed E-state index contributed by atoms with van der Waals surface area (Å²) in [5.41, 5.74) is 2.35.